The third kappa shape index (κ3) is 7.41. The van der Waals surface area contributed by atoms with Gasteiger partial charge in [-0.3, -0.25) is 4.98 Å². The number of rotatable bonds is 10. The molecule has 2 nitrogen and oxygen atoms in total. The lowest BCUT2D eigenvalue weighted by molar-refractivity contribution is 0.00504. The summed E-state index contributed by atoms with van der Waals surface area (Å²) in [5.74, 6) is 0. The maximum Gasteiger partial charge on any atom is 0.309 e. The zero-order valence-electron chi connectivity index (χ0n) is 34.0. The monoisotopic (exact) mass is 729 g/mol. The molecule has 0 bridgehead atoms. The second-order valence-electron chi connectivity index (χ2n) is 17.6. The van der Waals surface area contributed by atoms with E-state index in [2.05, 4.69) is 199 Å². The molecule has 1 aliphatic carbocycles. The SMILES string of the molecule is CC1(C)c2cc(-c3ccc(-c4ccc(BOC(C)(C)C(C)(C)C)cc4Cc4ccccc4)c(Cc4ccccc4)c3)ccc2-c2ccc(-c3ccccn3)cc21. The first-order valence-corrected chi connectivity index (χ1v) is 20.1. The van der Waals surface area contributed by atoms with Crippen LogP contribution in [0.5, 0.6) is 0 Å². The van der Waals surface area contributed by atoms with Crippen molar-refractivity contribution in [3.8, 4) is 44.6 Å². The largest absolute Gasteiger partial charge is 0.429 e. The summed E-state index contributed by atoms with van der Waals surface area (Å²) in [6, 6.07) is 55.9. The van der Waals surface area contributed by atoms with Crippen LogP contribution >= 0.6 is 0 Å². The van der Waals surface area contributed by atoms with E-state index in [0.717, 1.165) is 24.1 Å². The fraction of sp³-hybridized carbons (Fsp3) is 0.226. The molecule has 7 aromatic rings. The van der Waals surface area contributed by atoms with Gasteiger partial charge in [0.15, 0.2) is 0 Å². The lowest BCUT2D eigenvalue weighted by Gasteiger charge is -2.39. The smallest absolute Gasteiger partial charge is 0.309 e. The Kier molecular flexibility index (Phi) is 9.93. The van der Waals surface area contributed by atoms with Gasteiger partial charge in [-0.25, -0.2) is 0 Å². The predicted octanol–water partition coefficient (Wildman–Crippen LogP) is 12.4. The Morgan fingerprint density at radius 2 is 1.02 bits per heavy atom. The van der Waals surface area contributed by atoms with Gasteiger partial charge in [0.2, 0.25) is 0 Å². The van der Waals surface area contributed by atoms with Crippen molar-refractivity contribution in [3.63, 3.8) is 0 Å². The van der Waals surface area contributed by atoms with Gasteiger partial charge in [0.1, 0.15) is 0 Å². The van der Waals surface area contributed by atoms with Crippen molar-refractivity contribution in [2.75, 3.05) is 0 Å². The van der Waals surface area contributed by atoms with E-state index in [1.165, 1.54) is 72.2 Å². The van der Waals surface area contributed by atoms with Crippen LogP contribution in [-0.2, 0) is 22.9 Å². The molecule has 0 fully saturated rings. The standard InChI is InChI=1S/C53H52BNO/c1-51(2,3)53(6,7)56-54-43-24-28-45(42(33-43)31-37-18-12-9-13-19-37)44-25-21-38(32-41(44)30-36-16-10-8-11-17-36)39-22-26-46-47-27-23-40(50-20-14-15-29-55-50)35-49(47)52(4,5)48(46)34-39/h8-29,32-35,54H,30-31H2,1-7H3. The van der Waals surface area contributed by atoms with Gasteiger partial charge in [0.05, 0.1) is 11.3 Å². The number of fused-ring (bicyclic) bond motifs is 3. The van der Waals surface area contributed by atoms with Gasteiger partial charge in [-0.1, -0.05) is 167 Å². The molecule has 8 rings (SSSR count). The Hall–Kier alpha value is -5.51. The molecule has 6 aromatic carbocycles. The van der Waals surface area contributed by atoms with Gasteiger partial charge in [-0.05, 0) is 123 Å². The van der Waals surface area contributed by atoms with E-state index in [4.69, 9.17) is 4.65 Å². The van der Waals surface area contributed by atoms with Crippen molar-refractivity contribution in [3.05, 3.63) is 191 Å². The van der Waals surface area contributed by atoms with Gasteiger partial charge in [-0.2, -0.15) is 0 Å². The Labute approximate surface area is 335 Å². The second-order valence-corrected chi connectivity index (χ2v) is 17.6. The van der Waals surface area contributed by atoms with E-state index in [1.807, 2.05) is 12.3 Å². The van der Waals surface area contributed by atoms with E-state index >= 15 is 0 Å². The van der Waals surface area contributed by atoms with Crippen LogP contribution in [-0.4, -0.2) is 18.1 Å². The molecule has 1 aliphatic rings. The number of hydrogen-bond acceptors (Lipinski definition) is 2. The topological polar surface area (TPSA) is 22.1 Å². The lowest BCUT2D eigenvalue weighted by Crippen LogP contribution is -2.42. The quantitative estimate of drug-likeness (QED) is 0.131. The summed E-state index contributed by atoms with van der Waals surface area (Å²) in [5, 5.41) is 0. The molecule has 0 spiro atoms. The van der Waals surface area contributed by atoms with Crippen LogP contribution in [0.3, 0.4) is 0 Å². The first-order chi connectivity index (χ1) is 26.9. The van der Waals surface area contributed by atoms with Crippen molar-refractivity contribution < 1.29 is 4.65 Å². The molecule has 278 valence electrons. The molecule has 0 radical (unpaired) electrons. The molecule has 0 aliphatic heterocycles. The zero-order chi connectivity index (χ0) is 39.1. The maximum atomic E-state index is 6.59. The van der Waals surface area contributed by atoms with Crippen LogP contribution in [0.2, 0.25) is 0 Å². The fourth-order valence-electron chi connectivity index (χ4n) is 8.05. The van der Waals surface area contributed by atoms with E-state index in [1.54, 1.807) is 0 Å². The Morgan fingerprint density at radius 1 is 0.518 bits per heavy atom. The van der Waals surface area contributed by atoms with Crippen LogP contribution in [0.1, 0.15) is 81.8 Å². The van der Waals surface area contributed by atoms with Crippen LogP contribution in [0.4, 0.5) is 0 Å². The summed E-state index contributed by atoms with van der Waals surface area (Å²) < 4.78 is 6.59. The van der Waals surface area contributed by atoms with Crippen LogP contribution in [0, 0.1) is 5.41 Å². The summed E-state index contributed by atoms with van der Waals surface area (Å²) in [6.07, 6.45) is 3.56. The van der Waals surface area contributed by atoms with E-state index in [0.29, 0.717) is 7.48 Å². The minimum Gasteiger partial charge on any atom is -0.429 e. The molecule has 0 unspecified atom stereocenters. The lowest BCUT2D eigenvalue weighted by atomic mass is 9.76. The van der Waals surface area contributed by atoms with Crippen molar-refractivity contribution in [1.82, 2.24) is 4.98 Å². The summed E-state index contributed by atoms with van der Waals surface area (Å²) in [7, 11) is 0.575. The van der Waals surface area contributed by atoms with Gasteiger partial charge in [0.25, 0.3) is 0 Å². The highest BCUT2D eigenvalue weighted by molar-refractivity contribution is 6.47. The zero-order valence-corrected chi connectivity index (χ0v) is 34.0. The van der Waals surface area contributed by atoms with Crippen LogP contribution in [0.25, 0.3) is 44.6 Å². The molecule has 0 saturated heterocycles. The molecule has 1 aromatic heterocycles. The van der Waals surface area contributed by atoms with Crippen LogP contribution in [0.15, 0.2) is 158 Å². The van der Waals surface area contributed by atoms with Crippen molar-refractivity contribution in [1.29, 1.82) is 0 Å². The molecule has 0 N–H and O–H groups in total. The predicted molar refractivity (Wildman–Crippen MR) is 238 cm³/mol. The Bertz CT molecular complexity index is 2490. The van der Waals surface area contributed by atoms with Gasteiger partial charge >= 0.3 is 7.48 Å². The normalized spacial score (nSPS) is 13.3. The van der Waals surface area contributed by atoms with Crippen LogP contribution < -0.4 is 5.46 Å². The minimum atomic E-state index is -0.262. The highest BCUT2D eigenvalue weighted by Gasteiger charge is 2.36. The molecule has 56 heavy (non-hydrogen) atoms. The van der Waals surface area contributed by atoms with E-state index < -0.39 is 0 Å². The molecular weight excluding hydrogens is 677 g/mol. The molecule has 0 amide bonds. The number of hydrogen-bond donors (Lipinski definition) is 0. The number of benzene rings is 6. The molecule has 0 saturated carbocycles. The fourth-order valence-corrected chi connectivity index (χ4v) is 8.05. The first kappa shape index (κ1) is 37.4. The second kappa shape index (κ2) is 14.9. The van der Waals surface area contributed by atoms with Crippen molar-refractivity contribution in [2.24, 2.45) is 5.41 Å². The Morgan fingerprint density at radius 3 is 1.59 bits per heavy atom. The highest BCUT2D eigenvalue weighted by atomic mass is 16.5. The summed E-state index contributed by atoms with van der Waals surface area (Å²) >= 11 is 0. The third-order valence-corrected chi connectivity index (χ3v) is 12.4. The van der Waals surface area contributed by atoms with Crippen molar-refractivity contribution >= 4 is 12.9 Å². The summed E-state index contributed by atoms with van der Waals surface area (Å²) in [6.45, 7) is 15.9. The summed E-state index contributed by atoms with van der Waals surface area (Å²) in [4.78, 5) is 4.64. The highest BCUT2D eigenvalue weighted by Crippen LogP contribution is 2.50. The first-order valence-electron chi connectivity index (χ1n) is 20.1. The number of nitrogens with zero attached hydrogens (tertiary/aromatic N) is 1. The average Bonchev–Trinajstić information content (AvgIpc) is 3.43. The molecular formula is C53H52BNO. The minimum absolute atomic E-state index is 0.0239. The number of aromatic nitrogens is 1. The maximum absolute atomic E-state index is 6.59. The third-order valence-electron chi connectivity index (χ3n) is 12.4. The molecule has 1 heterocycles. The van der Waals surface area contributed by atoms with E-state index in [-0.39, 0.29) is 16.4 Å². The van der Waals surface area contributed by atoms with Gasteiger partial charge < -0.3 is 4.65 Å². The van der Waals surface area contributed by atoms with Gasteiger partial charge in [-0.15, -0.1) is 0 Å². The van der Waals surface area contributed by atoms with Crippen molar-refractivity contribution in [2.45, 2.75) is 72.3 Å². The van der Waals surface area contributed by atoms with Gasteiger partial charge in [0, 0.05) is 17.2 Å². The average molecular weight is 730 g/mol. The Balaban J connectivity index is 1.19. The summed E-state index contributed by atoms with van der Waals surface area (Å²) in [5.41, 5.74) is 18.6. The number of pyridine rings is 1. The molecule has 0 atom stereocenters. The molecule has 3 heteroatoms. The van der Waals surface area contributed by atoms with E-state index in [9.17, 15) is 0 Å².